The van der Waals surface area contributed by atoms with E-state index in [-0.39, 0.29) is 17.4 Å². The average Bonchev–Trinajstić information content (AvgIpc) is 3.46. The summed E-state index contributed by atoms with van der Waals surface area (Å²) >= 11 is 0. The van der Waals surface area contributed by atoms with E-state index in [4.69, 9.17) is 14.2 Å². The first-order valence-electron chi connectivity index (χ1n) is 13.5. The number of carbonyl (C=O) groups is 2. The van der Waals surface area contributed by atoms with Gasteiger partial charge in [-0.1, -0.05) is 49.1 Å². The molecule has 3 aromatic carbocycles. The highest BCUT2D eigenvalue weighted by molar-refractivity contribution is 6.46. The van der Waals surface area contributed by atoms with E-state index in [9.17, 15) is 14.7 Å². The molecule has 0 radical (unpaired) electrons. The van der Waals surface area contributed by atoms with Crippen LogP contribution in [0.2, 0.25) is 0 Å². The third kappa shape index (κ3) is 5.32. The van der Waals surface area contributed by atoms with Crippen molar-refractivity contribution in [3.63, 3.8) is 0 Å². The SMILES string of the molecule is C=CCOc1ccc(C2C(=C(O)c3ccc4c(c3)CC(C)O4)C(=O)C(=O)N2CCc2ccccc2)cc1OCC. The first-order chi connectivity index (χ1) is 19.4. The Morgan fingerprint density at radius 1 is 1.07 bits per heavy atom. The van der Waals surface area contributed by atoms with E-state index in [0.29, 0.717) is 55.2 Å². The lowest BCUT2D eigenvalue weighted by atomic mass is 9.94. The number of ether oxygens (including phenoxy) is 3. The lowest BCUT2D eigenvalue weighted by Crippen LogP contribution is -2.31. The number of aliphatic hydroxyl groups is 1. The van der Waals surface area contributed by atoms with Crippen molar-refractivity contribution in [3.05, 3.63) is 107 Å². The predicted molar refractivity (Wildman–Crippen MR) is 153 cm³/mol. The van der Waals surface area contributed by atoms with Crippen LogP contribution in [0.3, 0.4) is 0 Å². The number of hydrogen-bond acceptors (Lipinski definition) is 6. The largest absolute Gasteiger partial charge is 0.507 e. The number of aliphatic hydroxyl groups excluding tert-OH is 1. The summed E-state index contributed by atoms with van der Waals surface area (Å²) in [4.78, 5) is 28.5. The van der Waals surface area contributed by atoms with Crippen LogP contribution in [0.25, 0.3) is 5.76 Å². The van der Waals surface area contributed by atoms with Gasteiger partial charge < -0.3 is 24.2 Å². The van der Waals surface area contributed by atoms with Crippen LogP contribution in [-0.4, -0.2) is 47.6 Å². The zero-order valence-electron chi connectivity index (χ0n) is 22.8. The number of rotatable bonds is 10. The van der Waals surface area contributed by atoms with Crippen molar-refractivity contribution in [1.82, 2.24) is 4.90 Å². The fraction of sp³-hybridized carbons (Fsp3) is 0.273. The van der Waals surface area contributed by atoms with Gasteiger partial charge in [0.15, 0.2) is 11.5 Å². The van der Waals surface area contributed by atoms with Crippen LogP contribution in [0.4, 0.5) is 0 Å². The van der Waals surface area contributed by atoms with Gasteiger partial charge in [0.2, 0.25) is 0 Å². The lowest BCUT2D eigenvalue weighted by Gasteiger charge is -2.26. The van der Waals surface area contributed by atoms with E-state index in [2.05, 4.69) is 6.58 Å². The molecule has 0 bridgehead atoms. The number of benzene rings is 3. The molecule has 2 unspecified atom stereocenters. The number of fused-ring (bicyclic) bond motifs is 1. The number of Topliss-reactive ketones (excluding diaryl/α,β-unsaturated/α-hetero) is 1. The average molecular weight is 540 g/mol. The predicted octanol–water partition coefficient (Wildman–Crippen LogP) is 5.64. The van der Waals surface area contributed by atoms with Crippen LogP contribution in [0, 0.1) is 0 Å². The first-order valence-corrected chi connectivity index (χ1v) is 13.5. The Morgan fingerprint density at radius 2 is 1.88 bits per heavy atom. The van der Waals surface area contributed by atoms with E-state index in [0.717, 1.165) is 16.9 Å². The van der Waals surface area contributed by atoms with Gasteiger partial charge in [-0.15, -0.1) is 0 Å². The summed E-state index contributed by atoms with van der Waals surface area (Å²) in [7, 11) is 0. The van der Waals surface area contributed by atoms with Gasteiger partial charge in [-0.2, -0.15) is 0 Å². The highest BCUT2D eigenvalue weighted by Crippen LogP contribution is 2.43. The van der Waals surface area contributed by atoms with Crippen molar-refractivity contribution in [2.24, 2.45) is 0 Å². The maximum atomic E-state index is 13.5. The lowest BCUT2D eigenvalue weighted by molar-refractivity contribution is -0.139. The van der Waals surface area contributed by atoms with Gasteiger partial charge in [-0.05, 0) is 67.3 Å². The summed E-state index contributed by atoms with van der Waals surface area (Å²) in [5, 5.41) is 11.6. The number of carbonyl (C=O) groups excluding carboxylic acids is 2. The molecule has 0 saturated carbocycles. The van der Waals surface area contributed by atoms with Crippen molar-refractivity contribution in [3.8, 4) is 17.2 Å². The molecule has 1 amide bonds. The first kappa shape index (κ1) is 27.1. The fourth-order valence-electron chi connectivity index (χ4n) is 5.31. The monoisotopic (exact) mass is 539 g/mol. The second kappa shape index (κ2) is 11.7. The molecule has 2 atom stereocenters. The fourth-order valence-corrected chi connectivity index (χ4v) is 5.31. The van der Waals surface area contributed by atoms with Crippen molar-refractivity contribution >= 4 is 17.4 Å². The second-order valence-corrected chi connectivity index (χ2v) is 9.92. The maximum Gasteiger partial charge on any atom is 0.295 e. The molecule has 3 aromatic rings. The Labute approximate surface area is 234 Å². The minimum absolute atomic E-state index is 0.0368. The molecule has 0 spiro atoms. The molecule has 2 aliphatic rings. The zero-order valence-corrected chi connectivity index (χ0v) is 22.8. The van der Waals surface area contributed by atoms with Crippen molar-refractivity contribution < 1.29 is 28.9 Å². The van der Waals surface area contributed by atoms with Crippen LogP contribution < -0.4 is 14.2 Å². The molecule has 0 aromatic heterocycles. The van der Waals surface area contributed by atoms with Crippen LogP contribution in [0.5, 0.6) is 17.2 Å². The van der Waals surface area contributed by atoms with Gasteiger partial charge in [0.1, 0.15) is 24.2 Å². The maximum absolute atomic E-state index is 13.5. The summed E-state index contributed by atoms with van der Waals surface area (Å²) in [5.41, 5.74) is 3.15. The molecule has 1 N–H and O–H groups in total. The van der Waals surface area contributed by atoms with Gasteiger partial charge in [0, 0.05) is 18.5 Å². The molecule has 7 nitrogen and oxygen atoms in total. The number of ketones is 1. The molecule has 1 fully saturated rings. The normalized spacial score (nSPS) is 19.3. The quantitative estimate of drug-likeness (QED) is 0.155. The van der Waals surface area contributed by atoms with Gasteiger partial charge >= 0.3 is 0 Å². The number of likely N-dealkylation sites (tertiary alicyclic amines) is 1. The van der Waals surface area contributed by atoms with E-state index in [1.165, 1.54) is 4.90 Å². The molecule has 0 aliphatic carbocycles. The topological polar surface area (TPSA) is 85.3 Å². The highest BCUT2D eigenvalue weighted by atomic mass is 16.5. The minimum Gasteiger partial charge on any atom is -0.507 e. The van der Waals surface area contributed by atoms with Gasteiger partial charge in [-0.25, -0.2) is 0 Å². The third-order valence-electron chi connectivity index (χ3n) is 7.13. The van der Waals surface area contributed by atoms with Gasteiger partial charge in [-0.3, -0.25) is 9.59 Å². The Morgan fingerprint density at radius 3 is 2.62 bits per heavy atom. The van der Waals surface area contributed by atoms with Crippen molar-refractivity contribution in [2.45, 2.75) is 38.8 Å². The van der Waals surface area contributed by atoms with E-state index in [1.807, 2.05) is 50.2 Å². The van der Waals surface area contributed by atoms with Crippen LogP contribution >= 0.6 is 0 Å². The molecule has 7 heteroatoms. The minimum atomic E-state index is -0.806. The number of amides is 1. The summed E-state index contributed by atoms with van der Waals surface area (Å²) in [6.07, 6.45) is 2.94. The molecular weight excluding hydrogens is 506 g/mol. The second-order valence-electron chi connectivity index (χ2n) is 9.92. The van der Waals surface area contributed by atoms with Gasteiger partial charge in [0.25, 0.3) is 11.7 Å². The van der Waals surface area contributed by atoms with Crippen molar-refractivity contribution in [1.29, 1.82) is 0 Å². The van der Waals surface area contributed by atoms with E-state index < -0.39 is 17.7 Å². The Hall–Kier alpha value is -4.52. The zero-order chi connectivity index (χ0) is 28.2. The molecule has 1 saturated heterocycles. The summed E-state index contributed by atoms with van der Waals surface area (Å²) in [5.74, 6) is 0.202. The highest BCUT2D eigenvalue weighted by Gasteiger charge is 2.46. The number of hydrogen-bond donors (Lipinski definition) is 1. The standard InChI is InChI=1S/C33H33NO6/c1-4-17-39-27-14-11-23(20-28(27)38-5-2)30-29(31(35)24-12-13-26-25(19-24)18-21(3)40-26)32(36)33(37)34(30)16-15-22-9-7-6-8-10-22/h4,6-14,19-21,30,35H,1,5,15-18H2,2-3H3. The molecule has 206 valence electrons. The smallest absolute Gasteiger partial charge is 0.295 e. The van der Waals surface area contributed by atoms with Crippen LogP contribution in [0.1, 0.15) is 42.1 Å². The van der Waals surface area contributed by atoms with Crippen molar-refractivity contribution in [2.75, 3.05) is 19.8 Å². The van der Waals surface area contributed by atoms with Crippen LogP contribution in [0.15, 0.2) is 85.0 Å². The molecule has 5 rings (SSSR count). The summed E-state index contributed by atoms with van der Waals surface area (Å²) < 4.78 is 17.4. The molecular formula is C33H33NO6. The summed E-state index contributed by atoms with van der Waals surface area (Å²) in [6.45, 7) is 8.55. The molecule has 2 aliphatic heterocycles. The Kier molecular flexibility index (Phi) is 7.91. The Balaban J connectivity index is 1.60. The third-order valence-corrected chi connectivity index (χ3v) is 7.13. The van der Waals surface area contributed by atoms with E-state index >= 15 is 0 Å². The Bertz CT molecular complexity index is 1460. The number of nitrogens with zero attached hydrogens (tertiary/aromatic N) is 1. The molecule has 40 heavy (non-hydrogen) atoms. The van der Waals surface area contributed by atoms with Crippen LogP contribution in [-0.2, 0) is 22.4 Å². The summed E-state index contributed by atoms with van der Waals surface area (Å²) in [6, 6.07) is 19.7. The molecule has 2 heterocycles. The van der Waals surface area contributed by atoms with Gasteiger partial charge in [0.05, 0.1) is 18.2 Å². The van der Waals surface area contributed by atoms with E-state index in [1.54, 1.807) is 36.4 Å².